The van der Waals surface area contributed by atoms with Crippen molar-refractivity contribution in [3.8, 4) is 0 Å². The number of likely N-dealkylation sites (tertiary alicyclic amines) is 2. The molecule has 13 atom stereocenters. The highest BCUT2D eigenvalue weighted by molar-refractivity contribution is 8.00. The molecule has 0 aliphatic carbocycles. The van der Waals surface area contributed by atoms with Crippen LogP contribution in [0.4, 0.5) is 19.7 Å². The van der Waals surface area contributed by atoms with E-state index in [1.54, 1.807) is 75.9 Å². The van der Waals surface area contributed by atoms with Crippen molar-refractivity contribution in [2.75, 3.05) is 59.0 Å². The lowest BCUT2D eigenvalue weighted by Crippen LogP contribution is -2.55. The van der Waals surface area contributed by atoms with E-state index >= 15 is 0 Å². The minimum absolute atomic E-state index is 0.000477. The van der Waals surface area contributed by atoms with E-state index in [1.807, 2.05) is 41.5 Å². The van der Waals surface area contributed by atoms with E-state index in [2.05, 4.69) is 31.9 Å². The SMILES string of the molecule is CC[C@H](C)[C@@H]([C@@H](CC(=O)N1CCC[C@H]1[C@H](OC)[C@@H](C)C(=O)N[C@H](C)C(NC(=O)OCc1ccc(NC(=O)[C@H](CCCNC(N)=O)CC(=O)[C@@H](NC(=O)CCCCCN2C(=O)CC(SCCCC(=O)ON3C(=O)CCC3=O)C2=O)C(C)C)cc1)c1ccc(F)cc1)OC)N(C)C(=O)[C@@H](CC(=O)[C@@H](NC)C(C)C)C(C)C. The number of ether oxygens (including phenoxy) is 3. The van der Waals surface area contributed by atoms with Crippen molar-refractivity contribution in [2.45, 2.75) is 239 Å². The molecule has 2 aromatic rings. The highest BCUT2D eigenvalue weighted by atomic mass is 32.2. The highest BCUT2D eigenvalue weighted by Gasteiger charge is 2.45. The van der Waals surface area contributed by atoms with Crippen LogP contribution in [0.3, 0.4) is 0 Å². The molecule has 3 fully saturated rings. The molecule has 2 unspecified atom stereocenters. The summed E-state index contributed by atoms with van der Waals surface area (Å²) in [4.78, 5) is 195. The number of amides is 12. The predicted octanol–water partition coefficient (Wildman–Crippen LogP) is 7.61. The van der Waals surface area contributed by atoms with Gasteiger partial charge in [-0.1, -0.05) is 99.4 Å². The average Bonchev–Trinajstić information content (AvgIpc) is 1.76. The number of anilines is 1. The summed E-state index contributed by atoms with van der Waals surface area (Å²) in [6.45, 7) is 19.1. The summed E-state index contributed by atoms with van der Waals surface area (Å²) in [5.74, 6) is -7.93. The molecule has 0 aromatic heterocycles. The molecule has 0 spiro atoms. The number of carbonyl (C=O) groups is 14. The minimum atomic E-state index is -0.955. The standard InChI is InChI=1S/C78H118FN11O18S/c1-15-48(8)71(87(12)75(101)56(45(2)3)41-59(92)68(81-11)46(4)5)60(105-13)42-65(96)88-38-20-23-57(88)72(106-14)49(9)73(99)83-50(10)70(52-28-30-54(79)31-29-52)86-78(104)107-44-51-26-32-55(33-27-51)84-74(100)53(22-19-36-82-77(80)103)40-58(91)69(47(6)7)85-62(93)24-17-16-18-37-89-66(97)43-61(76(89)102)109-39-21-25-67(98)108-90-63(94)34-35-64(90)95/h26-33,45-50,53,56-57,60-61,68-72,81H,15-25,34-44H2,1-14H3,(H,83,99)(H,84,100)(H,85,93)(H,86,104)(H3,80,82,103)/t48-,49+,50+,53+,56-,57-,60+,61?,68-,69-,70?,71-,72+/m0/s1. The van der Waals surface area contributed by atoms with Gasteiger partial charge in [-0.05, 0) is 124 Å². The number of urea groups is 1. The summed E-state index contributed by atoms with van der Waals surface area (Å²) in [5.41, 5.74) is 6.59. The Morgan fingerprint density at radius 2 is 1.38 bits per heavy atom. The molecule has 0 radical (unpaired) electrons. The van der Waals surface area contributed by atoms with E-state index in [-0.39, 0.29) is 137 Å². The Morgan fingerprint density at radius 1 is 0.725 bits per heavy atom. The largest absolute Gasteiger partial charge is 0.445 e. The number of hydrogen-bond acceptors (Lipinski definition) is 20. The number of hydrogen-bond donors (Lipinski definition) is 7. The number of nitrogens with two attached hydrogens (primary N) is 1. The van der Waals surface area contributed by atoms with Crippen molar-refractivity contribution in [3.63, 3.8) is 0 Å². The maximum atomic E-state index is 14.6. The third kappa shape index (κ3) is 27.5. The monoisotopic (exact) mass is 1550 g/mol. The van der Waals surface area contributed by atoms with E-state index < -0.39 is 131 Å². The van der Waals surface area contributed by atoms with Crippen molar-refractivity contribution in [1.82, 2.24) is 46.3 Å². The van der Waals surface area contributed by atoms with E-state index in [4.69, 9.17) is 24.8 Å². The third-order valence-corrected chi connectivity index (χ3v) is 22.1. The number of likely N-dealkylation sites (N-methyl/N-ethyl adjacent to an activating group) is 2. The van der Waals surface area contributed by atoms with Crippen molar-refractivity contribution in [1.29, 1.82) is 0 Å². The lowest BCUT2D eigenvalue weighted by molar-refractivity contribution is -0.197. The molecule has 12 amide bonds. The van der Waals surface area contributed by atoms with Crippen LogP contribution in [0.5, 0.6) is 0 Å². The van der Waals surface area contributed by atoms with Crippen LogP contribution in [0, 0.1) is 47.2 Å². The van der Waals surface area contributed by atoms with Crippen LogP contribution < -0.4 is 37.6 Å². The number of primary amides is 1. The molecule has 8 N–H and O–H groups in total. The fourth-order valence-corrected chi connectivity index (χ4v) is 15.5. The summed E-state index contributed by atoms with van der Waals surface area (Å²) in [7, 11) is 6.46. The van der Waals surface area contributed by atoms with Gasteiger partial charge in [0.15, 0.2) is 11.6 Å². The number of thioether (sulfide) groups is 1. The van der Waals surface area contributed by atoms with Gasteiger partial charge < -0.3 is 66.5 Å². The van der Waals surface area contributed by atoms with Gasteiger partial charge in [-0.15, -0.1) is 16.8 Å². The molecule has 0 bridgehead atoms. The summed E-state index contributed by atoms with van der Waals surface area (Å²) in [5, 5.41) is 16.9. The van der Waals surface area contributed by atoms with Gasteiger partial charge in [-0.2, -0.15) is 0 Å². The molecule has 5 rings (SSSR count). The first-order valence-electron chi connectivity index (χ1n) is 38.2. The Kier molecular flexibility index (Phi) is 37.7. The second-order valence-electron chi connectivity index (χ2n) is 29.9. The molecular weight excluding hydrogens is 1430 g/mol. The zero-order chi connectivity index (χ0) is 80.9. The number of hydroxylamine groups is 2. The number of ketones is 2. The first-order valence-corrected chi connectivity index (χ1v) is 39.3. The average molecular weight is 1550 g/mol. The summed E-state index contributed by atoms with van der Waals surface area (Å²) >= 11 is 1.23. The smallest absolute Gasteiger partial charge is 0.408 e. The summed E-state index contributed by atoms with van der Waals surface area (Å²) in [6.07, 6.45) is 1.13. The van der Waals surface area contributed by atoms with E-state index in [1.165, 1.54) is 55.1 Å². The summed E-state index contributed by atoms with van der Waals surface area (Å²) < 4.78 is 32.2. The molecule has 31 heteroatoms. The Bertz CT molecular complexity index is 3420. The van der Waals surface area contributed by atoms with Crippen molar-refractivity contribution in [3.05, 3.63) is 65.5 Å². The lowest BCUT2D eigenvalue weighted by Gasteiger charge is -2.41. The number of imide groups is 2. The van der Waals surface area contributed by atoms with Crippen LogP contribution in [0.15, 0.2) is 48.5 Å². The van der Waals surface area contributed by atoms with Crippen LogP contribution in [0.25, 0.3) is 0 Å². The number of Topliss-reactive ketones (excluding diaryl/α,β-unsaturated/α-hetero) is 2. The van der Waals surface area contributed by atoms with Crippen LogP contribution in [-0.2, 0) is 83.2 Å². The fourth-order valence-electron chi connectivity index (χ4n) is 14.4. The van der Waals surface area contributed by atoms with Gasteiger partial charge in [0.2, 0.25) is 41.4 Å². The van der Waals surface area contributed by atoms with E-state index in [0.29, 0.717) is 79.1 Å². The molecule has 3 aliphatic rings. The second-order valence-corrected chi connectivity index (χ2v) is 31.2. The van der Waals surface area contributed by atoms with Gasteiger partial charge in [0.1, 0.15) is 12.4 Å². The number of alkyl carbamates (subject to hydrolysis) is 1. The van der Waals surface area contributed by atoms with Gasteiger partial charge in [0.25, 0.3) is 11.8 Å². The van der Waals surface area contributed by atoms with Crippen molar-refractivity contribution >= 4 is 100 Å². The van der Waals surface area contributed by atoms with Gasteiger partial charge in [-0.3, -0.25) is 57.6 Å². The number of carbonyl (C=O) groups excluding carboxylic acids is 14. The van der Waals surface area contributed by atoms with Gasteiger partial charge in [-0.25, -0.2) is 18.8 Å². The van der Waals surface area contributed by atoms with Gasteiger partial charge in [0, 0.05) is 103 Å². The van der Waals surface area contributed by atoms with Crippen LogP contribution in [0.1, 0.15) is 196 Å². The molecule has 109 heavy (non-hydrogen) atoms. The molecule has 29 nitrogen and oxygen atoms in total. The van der Waals surface area contributed by atoms with Crippen molar-refractivity contribution in [2.24, 2.45) is 47.2 Å². The predicted molar refractivity (Wildman–Crippen MR) is 406 cm³/mol. The normalized spacial score (nSPS) is 18.3. The zero-order valence-corrected chi connectivity index (χ0v) is 66.7. The third-order valence-electron chi connectivity index (χ3n) is 20.8. The number of benzene rings is 2. The Hall–Kier alpha value is -8.42. The summed E-state index contributed by atoms with van der Waals surface area (Å²) in [6, 6.07) is 6.86. The molecular formula is C78H118FN11O18S. The highest BCUT2D eigenvalue weighted by Crippen LogP contribution is 2.33. The van der Waals surface area contributed by atoms with E-state index in [0.717, 1.165) is 0 Å². The maximum absolute atomic E-state index is 14.6. The Labute approximate surface area is 644 Å². The van der Waals surface area contributed by atoms with Crippen molar-refractivity contribution < 1.29 is 90.6 Å². The molecule has 3 saturated heterocycles. The minimum Gasteiger partial charge on any atom is -0.445 e. The van der Waals surface area contributed by atoms with Gasteiger partial charge in [0.05, 0.1) is 66.0 Å². The first kappa shape index (κ1) is 91.2. The van der Waals surface area contributed by atoms with E-state index in [9.17, 15) is 71.5 Å². The maximum Gasteiger partial charge on any atom is 0.408 e. The van der Waals surface area contributed by atoms with Crippen LogP contribution in [-0.4, -0.2) is 204 Å². The zero-order valence-electron chi connectivity index (χ0n) is 65.9. The first-order chi connectivity index (χ1) is 51.7. The number of nitrogens with one attached hydrogen (secondary N) is 6. The fraction of sp³-hybridized carbons (Fsp3) is 0.667. The number of rotatable bonds is 47. The number of halogens is 1. The number of nitrogens with zero attached hydrogens (tertiary/aromatic N) is 4. The Balaban J connectivity index is 1.14. The molecule has 0 saturated carbocycles. The Morgan fingerprint density at radius 3 is 1.97 bits per heavy atom. The van der Waals surface area contributed by atoms with Crippen LogP contribution in [0.2, 0.25) is 0 Å². The quantitative estimate of drug-likeness (QED) is 0.0247. The molecule has 2 aromatic carbocycles. The lowest BCUT2D eigenvalue weighted by atomic mass is 9.84. The molecule has 3 heterocycles. The molecule has 606 valence electrons. The van der Waals surface area contributed by atoms with Gasteiger partial charge >= 0.3 is 18.1 Å². The second kappa shape index (κ2) is 45.0. The van der Waals surface area contributed by atoms with Crippen LogP contribution >= 0.6 is 11.8 Å². The number of methoxy groups -OCH3 is 2. The topological polar surface area (TPSA) is 387 Å². The number of unbranched alkanes of at least 4 members (excludes halogenated alkanes) is 2. The molecule has 3 aliphatic heterocycles.